The van der Waals surface area contributed by atoms with E-state index in [1.54, 1.807) is 6.07 Å². The van der Waals surface area contributed by atoms with Crippen LogP contribution in [0.3, 0.4) is 0 Å². The molecular formula is C13H18N2O4S2. The van der Waals surface area contributed by atoms with Crippen LogP contribution in [0.1, 0.15) is 19.3 Å². The first kappa shape index (κ1) is 16.3. The first-order chi connectivity index (χ1) is 10.0. The van der Waals surface area contributed by atoms with E-state index in [1.807, 2.05) is 0 Å². The van der Waals surface area contributed by atoms with Gasteiger partial charge in [-0.25, -0.2) is 13.4 Å². The van der Waals surface area contributed by atoms with Crippen molar-refractivity contribution in [1.29, 1.82) is 0 Å². The molecule has 0 aliphatic carbocycles. The van der Waals surface area contributed by atoms with E-state index in [4.69, 9.17) is 0 Å². The van der Waals surface area contributed by atoms with Crippen LogP contribution in [0.15, 0.2) is 28.3 Å². The van der Waals surface area contributed by atoms with Crippen molar-refractivity contribution >= 4 is 27.8 Å². The van der Waals surface area contributed by atoms with Crippen LogP contribution in [0.2, 0.25) is 0 Å². The Labute approximate surface area is 128 Å². The third-order valence-electron chi connectivity index (χ3n) is 3.23. The molecule has 0 radical (unpaired) electrons. The SMILES string of the molecule is COC(=O)CSc1ccc(S(=O)(=O)N2CCCCC2)cn1. The predicted molar refractivity (Wildman–Crippen MR) is 79.6 cm³/mol. The molecular weight excluding hydrogens is 312 g/mol. The highest BCUT2D eigenvalue weighted by molar-refractivity contribution is 7.99. The number of ether oxygens (including phenoxy) is 1. The van der Waals surface area contributed by atoms with Crippen molar-refractivity contribution in [1.82, 2.24) is 9.29 Å². The zero-order valence-corrected chi connectivity index (χ0v) is 13.5. The number of hydrogen-bond donors (Lipinski definition) is 0. The number of hydrogen-bond acceptors (Lipinski definition) is 6. The van der Waals surface area contributed by atoms with E-state index in [9.17, 15) is 13.2 Å². The molecule has 0 unspecified atom stereocenters. The first-order valence-electron chi connectivity index (χ1n) is 6.70. The van der Waals surface area contributed by atoms with E-state index in [2.05, 4.69) is 9.72 Å². The Bertz CT molecular complexity index is 581. The van der Waals surface area contributed by atoms with Gasteiger partial charge < -0.3 is 4.74 Å². The molecule has 8 heteroatoms. The van der Waals surface area contributed by atoms with Gasteiger partial charge in [-0.15, -0.1) is 0 Å². The van der Waals surface area contributed by atoms with Crippen LogP contribution in [0.4, 0.5) is 0 Å². The lowest BCUT2D eigenvalue weighted by Crippen LogP contribution is -2.35. The van der Waals surface area contributed by atoms with Crippen molar-refractivity contribution < 1.29 is 17.9 Å². The molecule has 0 atom stereocenters. The van der Waals surface area contributed by atoms with Crippen LogP contribution in [-0.4, -0.2) is 49.6 Å². The molecule has 1 aromatic heterocycles. The van der Waals surface area contributed by atoms with Crippen molar-refractivity contribution in [3.63, 3.8) is 0 Å². The van der Waals surface area contributed by atoms with Crippen LogP contribution < -0.4 is 0 Å². The second kappa shape index (κ2) is 7.24. The van der Waals surface area contributed by atoms with E-state index in [0.29, 0.717) is 18.1 Å². The molecule has 2 heterocycles. The number of rotatable bonds is 5. The Kier molecular flexibility index (Phi) is 5.60. The molecule has 1 saturated heterocycles. The Balaban J connectivity index is 2.05. The number of pyridine rings is 1. The van der Waals surface area contributed by atoms with E-state index < -0.39 is 10.0 Å². The van der Waals surface area contributed by atoms with Crippen molar-refractivity contribution in [3.8, 4) is 0 Å². The van der Waals surface area contributed by atoms with Gasteiger partial charge in [-0.3, -0.25) is 4.79 Å². The lowest BCUT2D eigenvalue weighted by Gasteiger charge is -2.25. The van der Waals surface area contributed by atoms with E-state index in [0.717, 1.165) is 19.3 Å². The van der Waals surface area contributed by atoms with Gasteiger partial charge in [0, 0.05) is 19.3 Å². The minimum absolute atomic E-state index is 0.154. The highest BCUT2D eigenvalue weighted by Gasteiger charge is 2.26. The van der Waals surface area contributed by atoms with Gasteiger partial charge in [0.2, 0.25) is 10.0 Å². The van der Waals surface area contributed by atoms with Crippen LogP contribution in [0, 0.1) is 0 Å². The van der Waals surface area contributed by atoms with E-state index in [-0.39, 0.29) is 16.6 Å². The lowest BCUT2D eigenvalue weighted by molar-refractivity contribution is -0.137. The molecule has 2 rings (SSSR count). The number of carbonyl (C=O) groups excluding carboxylic acids is 1. The first-order valence-corrected chi connectivity index (χ1v) is 9.12. The van der Waals surface area contributed by atoms with Crippen LogP contribution in [0.25, 0.3) is 0 Å². The van der Waals surface area contributed by atoms with Crippen LogP contribution in [-0.2, 0) is 19.6 Å². The highest BCUT2D eigenvalue weighted by atomic mass is 32.2. The third-order valence-corrected chi connectivity index (χ3v) is 6.03. The molecule has 1 fully saturated rings. The Morgan fingerprint density at radius 3 is 2.62 bits per heavy atom. The van der Waals surface area contributed by atoms with Gasteiger partial charge in [0.25, 0.3) is 0 Å². The maximum atomic E-state index is 12.4. The number of sulfonamides is 1. The molecule has 0 saturated carbocycles. The number of carbonyl (C=O) groups is 1. The minimum atomic E-state index is -3.44. The summed E-state index contributed by atoms with van der Waals surface area (Å²) in [6.07, 6.45) is 4.23. The molecule has 0 amide bonds. The molecule has 116 valence electrons. The van der Waals surface area contributed by atoms with Crippen molar-refractivity contribution in [2.75, 3.05) is 26.0 Å². The molecule has 0 spiro atoms. The summed E-state index contributed by atoms with van der Waals surface area (Å²) < 4.78 is 30.9. The molecule has 1 aliphatic heterocycles. The lowest BCUT2D eigenvalue weighted by atomic mass is 10.2. The summed E-state index contributed by atoms with van der Waals surface area (Å²) in [6.45, 7) is 1.14. The standard InChI is InChI=1S/C13H18N2O4S2/c1-19-13(16)10-20-12-6-5-11(9-14-12)21(17,18)15-7-3-2-4-8-15/h5-6,9H,2-4,7-8,10H2,1H3. The maximum Gasteiger partial charge on any atom is 0.316 e. The summed E-state index contributed by atoms with van der Waals surface area (Å²) in [5.41, 5.74) is 0. The largest absolute Gasteiger partial charge is 0.468 e. The van der Waals surface area contributed by atoms with Gasteiger partial charge in [0.05, 0.1) is 17.9 Å². The number of thioether (sulfide) groups is 1. The van der Waals surface area contributed by atoms with Gasteiger partial charge in [-0.1, -0.05) is 18.2 Å². The van der Waals surface area contributed by atoms with Gasteiger partial charge >= 0.3 is 5.97 Å². The summed E-state index contributed by atoms with van der Waals surface area (Å²) in [7, 11) is -2.12. The number of nitrogens with zero attached hydrogens (tertiary/aromatic N) is 2. The van der Waals surface area contributed by atoms with Gasteiger partial charge in [0.1, 0.15) is 4.90 Å². The number of methoxy groups -OCH3 is 1. The topological polar surface area (TPSA) is 76.6 Å². The number of esters is 1. The zero-order valence-electron chi connectivity index (χ0n) is 11.8. The smallest absolute Gasteiger partial charge is 0.316 e. The average molecular weight is 330 g/mol. The summed E-state index contributed by atoms with van der Waals surface area (Å²) in [5.74, 6) is -0.186. The number of piperidine rings is 1. The summed E-state index contributed by atoms with van der Waals surface area (Å²) in [4.78, 5) is 15.3. The second-order valence-corrected chi connectivity index (χ2v) is 7.60. The molecule has 21 heavy (non-hydrogen) atoms. The molecule has 6 nitrogen and oxygen atoms in total. The second-order valence-electron chi connectivity index (χ2n) is 4.66. The van der Waals surface area contributed by atoms with Crippen LogP contribution >= 0.6 is 11.8 Å². The van der Waals surface area contributed by atoms with Crippen molar-refractivity contribution in [2.45, 2.75) is 29.2 Å². The fourth-order valence-corrected chi connectivity index (χ4v) is 4.19. The number of aromatic nitrogens is 1. The van der Waals surface area contributed by atoms with Crippen molar-refractivity contribution in [2.24, 2.45) is 0 Å². The summed E-state index contributed by atoms with van der Waals surface area (Å²) in [5, 5.41) is 0.595. The van der Waals surface area contributed by atoms with Gasteiger partial charge in [-0.2, -0.15) is 4.31 Å². The zero-order chi connectivity index (χ0) is 15.3. The molecule has 1 aromatic rings. The Morgan fingerprint density at radius 2 is 2.05 bits per heavy atom. The van der Waals surface area contributed by atoms with E-state index in [1.165, 1.54) is 35.4 Å². The maximum absolute atomic E-state index is 12.4. The van der Waals surface area contributed by atoms with Gasteiger partial charge in [0.15, 0.2) is 0 Å². The Hall–Kier alpha value is -1.12. The Morgan fingerprint density at radius 1 is 1.33 bits per heavy atom. The van der Waals surface area contributed by atoms with Gasteiger partial charge in [-0.05, 0) is 25.0 Å². The quantitative estimate of drug-likeness (QED) is 0.602. The monoisotopic (exact) mass is 330 g/mol. The highest BCUT2D eigenvalue weighted by Crippen LogP contribution is 2.22. The minimum Gasteiger partial charge on any atom is -0.468 e. The summed E-state index contributed by atoms with van der Waals surface area (Å²) in [6, 6.07) is 3.15. The predicted octanol–water partition coefficient (Wildman–Crippen LogP) is 1.52. The van der Waals surface area contributed by atoms with E-state index >= 15 is 0 Å². The van der Waals surface area contributed by atoms with Crippen LogP contribution in [0.5, 0.6) is 0 Å². The molecule has 0 bridgehead atoms. The fourth-order valence-electron chi connectivity index (χ4n) is 2.05. The molecule has 0 N–H and O–H groups in total. The third kappa shape index (κ3) is 4.18. The average Bonchev–Trinajstić information content (AvgIpc) is 2.53. The summed E-state index contributed by atoms with van der Waals surface area (Å²) >= 11 is 1.21. The van der Waals surface area contributed by atoms with Crippen molar-refractivity contribution in [3.05, 3.63) is 18.3 Å². The normalized spacial score (nSPS) is 16.6. The molecule has 0 aromatic carbocycles. The molecule has 1 aliphatic rings. The fraction of sp³-hybridized carbons (Fsp3) is 0.538.